The van der Waals surface area contributed by atoms with E-state index in [1.165, 1.54) is 38.5 Å². The van der Waals surface area contributed by atoms with Crippen molar-refractivity contribution in [2.45, 2.75) is 57.0 Å². The number of rotatable bonds is 4. The van der Waals surface area contributed by atoms with E-state index in [-0.39, 0.29) is 11.4 Å². The molecular formula is C18H26N4O. The smallest absolute Gasteiger partial charge is 0.242 e. The van der Waals surface area contributed by atoms with E-state index in [4.69, 9.17) is 5.73 Å². The molecule has 4 fully saturated rings. The lowest BCUT2D eigenvalue weighted by molar-refractivity contribution is -0.117. The average molecular weight is 314 g/mol. The topological polar surface area (TPSA) is 80.0 Å². The molecule has 4 bridgehead atoms. The number of hydrogen-bond donors (Lipinski definition) is 3. The fourth-order valence-corrected chi connectivity index (χ4v) is 5.35. The van der Waals surface area contributed by atoms with E-state index in [0.29, 0.717) is 5.82 Å². The van der Waals surface area contributed by atoms with E-state index in [0.717, 1.165) is 23.4 Å². The molecule has 0 spiro atoms. The van der Waals surface area contributed by atoms with Crippen molar-refractivity contribution >= 4 is 17.4 Å². The van der Waals surface area contributed by atoms with Gasteiger partial charge in [0.25, 0.3) is 0 Å². The summed E-state index contributed by atoms with van der Waals surface area (Å²) in [7, 11) is 0. The number of carbonyl (C=O) groups is 1. The lowest BCUT2D eigenvalue weighted by Gasteiger charge is -2.57. The minimum Gasteiger partial charge on any atom is -0.378 e. The summed E-state index contributed by atoms with van der Waals surface area (Å²) >= 11 is 0. The van der Waals surface area contributed by atoms with Gasteiger partial charge in [-0.2, -0.15) is 0 Å². The summed E-state index contributed by atoms with van der Waals surface area (Å²) in [4.78, 5) is 16.0. The third kappa shape index (κ3) is 2.94. The van der Waals surface area contributed by atoms with Crippen LogP contribution in [0.2, 0.25) is 0 Å². The first-order chi connectivity index (χ1) is 11.0. The Hall–Kier alpha value is -1.62. The van der Waals surface area contributed by atoms with Crippen LogP contribution in [-0.2, 0) is 4.79 Å². The molecule has 23 heavy (non-hydrogen) atoms. The fourth-order valence-electron chi connectivity index (χ4n) is 5.35. The second-order valence-electron chi connectivity index (χ2n) is 8.03. The number of aromatic nitrogens is 1. The monoisotopic (exact) mass is 314 g/mol. The molecule has 4 saturated carbocycles. The Bertz CT molecular complexity index is 560. The van der Waals surface area contributed by atoms with Gasteiger partial charge in [0.2, 0.25) is 5.91 Å². The van der Waals surface area contributed by atoms with Crippen LogP contribution in [-0.4, -0.2) is 22.5 Å². The Morgan fingerprint density at radius 3 is 2.30 bits per heavy atom. The molecule has 4 aliphatic carbocycles. The number of nitrogens with one attached hydrogen (secondary N) is 2. The lowest BCUT2D eigenvalue weighted by atomic mass is 9.53. The largest absolute Gasteiger partial charge is 0.378 e. The van der Waals surface area contributed by atoms with Gasteiger partial charge < -0.3 is 16.4 Å². The van der Waals surface area contributed by atoms with Crippen molar-refractivity contribution in [3.63, 3.8) is 0 Å². The molecule has 5 nitrogen and oxygen atoms in total. The zero-order valence-corrected chi connectivity index (χ0v) is 13.7. The van der Waals surface area contributed by atoms with Gasteiger partial charge in [0.15, 0.2) is 0 Å². The molecule has 0 radical (unpaired) electrons. The Morgan fingerprint density at radius 2 is 1.83 bits per heavy atom. The van der Waals surface area contributed by atoms with Gasteiger partial charge in [0, 0.05) is 5.54 Å². The van der Waals surface area contributed by atoms with Crippen LogP contribution in [0, 0.1) is 17.8 Å². The number of hydrogen-bond acceptors (Lipinski definition) is 4. The second kappa shape index (κ2) is 5.48. The second-order valence-corrected chi connectivity index (χ2v) is 8.03. The van der Waals surface area contributed by atoms with Gasteiger partial charge in [-0.25, -0.2) is 4.98 Å². The molecule has 124 valence electrons. The summed E-state index contributed by atoms with van der Waals surface area (Å²) in [5.74, 6) is 3.12. The van der Waals surface area contributed by atoms with Crippen molar-refractivity contribution in [3.05, 3.63) is 18.3 Å². The molecular weight excluding hydrogens is 288 g/mol. The van der Waals surface area contributed by atoms with Crippen LogP contribution in [0.4, 0.5) is 11.5 Å². The molecule has 1 unspecified atom stereocenters. The number of carbonyl (C=O) groups excluding carboxylic acids is 1. The van der Waals surface area contributed by atoms with Crippen molar-refractivity contribution in [1.29, 1.82) is 0 Å². The summed E-state index contributed by atoms with van der Waals surface area (Å²) in [6.45, 7) is 1.66. The van der Waals surface area contributed by atoms with Crippen molar-refractivity contribution in [2.75, 3.05) is 10.6 Å². The highest BCUT2D eigenvalue weighted by Crippen LogP contribution is 2.56. The van der Waals surface area contributed by atoms with Gasteiger partial charge >= 0.3 is 0 Å². The molecule has 1 aromatic rings. The predicted molar refractivity (Wildman–Crippen MR) is 91.0 cm³/mol. The van der Waals surface area contributed by atoms with E-state index in [9.17, 15) is 4.79 Å². The molecule has 1 atom stereocenters. The Kier molecular flexibility index (Phi) is 3.56. The standard InChI is InChI=1S/C18H26N4O/c1-11(19)17(23)21-16-3-2-15(10-20-16)22-18-7-12-4-13(8-18)6-14(5-12)9-18/h2-3,10-14,22H,4-9,19H2,1H3,(H,20,21,23). The number of nitrogens with zero attached hydrogens (tertiary/aromatic N) is 1. The van der Waals surface area contributed by atoms with E-state index < -0.39 is 6.04 Å². The molecule has 0 aromatic carbocycles. The SMILES string of the molecule is CC(N)C(=O)Nc1ccc(NC23CC4CC(CC(C4)C2)C3)cn1. The van der Waals surface area contributed by atoms with Crippen molar-refractivity contribution in [1.82, 2.24) is 4.98 Å². The molecule has 1 amide bonds. The highest BCUT2D eigenvalue weighted by Gasteiger charge is 2.50. The Balaban J connectivity index is 1.44. The number of nitrogens with two attached hydrogens (primary N) is 1. The number of anilines is 2. The summed E-state index contributed by atoms with van der Waals surface area (Å²) in [6.07, 6.45) is 10.1. The van der Waals surface area contributed by atoms with Gasteiger partial charge in [0.1, 0.15) is 5.82 Å². The minimum atomic E-state index is -0.526. The fraction of sp³-hybridized carbons (Fsp3) is 0.667. The molecule has 0 aliphatic heterocycles. The van der Waals surface area contributed by atoms with Crippen LogP contribution in [0.1, 0.15) is 45.4 Å². The average Bonchev–Trinajstić information content (AvgIpc) is 2.47. The summed E-state index contributed by atoms with van der Waals surface area (Å²) in [6, 6.07) is 3.34. The molecule has 4 aliphatic rings. The lowest BCUT2D eigenvalue weighted by Crippen LogP contribution is -2.54. The maximum atomic E-state index is 11.6. The zero-order chi connectivity index (χ0) is 16.0. The van der Waals surface area contributed by atoms with Gasteiger partial charge in [-0.3, -0.25) is 4.79 Å². The van der Waals surface area contributed by atoms with Crippen LogP contribution >= 0.6 is 0 Å². The molecule has 5 heteroatoms. The van der Waals surface area contributed by atoms with Crippen LogP contribution in [0.3, 0.4) is 0 Å². The Morgan fingerprint density at radius 1 is 1.22 bits per heavy atom. The minimum absolute atomic E-state index is 0.209. The van der Waals surface area contributed by atoms with Crippen molar-refractivity contribution in [2.24, 2.45) is 23.5 Å². The van der Waals surface area contributed by atoms with Crippen LogP contribution < -0.4 is 16.4 Å². The van der Waals surface area contributed by atoms with E-state index in [1.807, 2.05) is 18.3 Å². The summed E-state index contributed by atoms with van der Waals surface area (Å²) < 4.78 is 0. The first-order valence-electron chi connectivity index (χ1n) is 8.82. The van der Waals surface area contributed by atoms with Crippen molar-refractivity contribution in [3.8, 4) is 0 Å². The molecule has 1 aromatic heterocycles. The van der Waals surface area contributed by atoms with Gasteiger partial charge in [-0.1, -0.05) is 0 Å². The van der Waals surface area contributed by atoms with E-state index >= 15 is 0 Å². The van der Waals surface area contributed by atoms with Crippen LogP contribution in [0.25, 0.3) is 0 Å². The summed E-state index contributed by atoms with van der Waals surface area (Å²) in [5.41, 5.74) is 6.90. The number of pyridine rings is 1. The third-order valence-corrected chi connectivity index (χ3v) is 5.88. The number of amides is 1. The van der Waals surface area contributed by atoms with Gasteiger partial charge in [0.05, 0.1) is 17.9 Å². The van der Waals surface area contributed by atoms with E-state index in [1.54, 1.807) is 6.92 Å². The maximum absolute atomic E-state index is 11.6. The highest BCUT2D eigenvalue weighted by atomic mass is 16.2. The van der Waals surface area contributed by atoms with Crippen LogP contribution in [0.5, 0.6) is 0 Å². The van der Waals surface area contributed by atoms with Crippen LogP contribution in [0.15, 0.2) is 18.3 Å². The first-order valence-corrected chi connectivity index (χ1v) is 8.82. The Labute approximate surface area is 137 Å². The highest BCUT2D eigenvalue weighted by molar-refractivity contribution is 5.93. The molecule has 1 heterocycles. The predicted octanol–water partition coefficient (Wildman–Crippen LogP) is 2.75. The van der Waals surface area contributed by atoms with Crippen molar-refractivity contribution < 1.29 is 4.79 Å². The quantitative estimate of drug-likeness (QED) is 0.798. The van der Waals surface area contributed by atoms with Gasteiger partial charge in [-0.05, 0) is 75.3 Å². The van der Waals surface area contributed by atoms with E-state index in [2.05, 4.69) is 15.6 Å². The molecule has 0 saturated heterocycles. The maximum Gasteiger partial charge on any atom is 0.242 e. The van der Waals surface area contributed by atoms with Gasteiger partial charge in [-0.15, -0.1) is 0 Å². The first kappa shape index (κ1) is 14.9. The summed E-state index contributed by atoms with van der Waals surface area (Å²) in [5, 5.41) is 6.52. The molecule has 5 rings (SSSR count). The molecule has 4 N–H and O–H groups in total. The normalized spacial score (nSPS) is 35.8. The third-order valence-electron chi connectivity index (χ3n) is 5.88. The zero-order valence-electron chi connectivity index (χ0n) is 13.7.